The van der Waals surface area contributed by atoms with E-state index in [-0.39, 0.29) is 5.91 Å². The first-order valence-electron chi connectivity index (χ1n) is 7.58. The molecule has 0 bridgehead atoms. The number of anilines is 3. The van der Waals surface area contributed by atoms with E-state index in [0.29, 0.717) is 22.2 Å². The Morgan fingerprint density at radius 3 is 2.56 bits per heavy atom. The van der Waals surface area contributed by atoms with Crippen LogP contribution in [0.1, 0.15) is 10.5 Å². The Balaban J connectivity index is 1.73. The first kappa shape index (κ1) is 16.8. The zero-order valence-corrected chi connectivity index (χ0v) is 14.2. The Bertz CT molecular complexity index is 882. The second-order valence-electron chi connectivity index (χ2n) is 5.25. The molecule has 0 aliphatic rings. The first-order chi connectivity index (χ1) is 12.1. The Labute approximate surface area is 150 Å². The van der Waals surface area contributed by atoms with Gasteiger partial charge in [0.2, 0.25) is 0 Å². The molecule has 0 aliphatic heterocycles. The summed E-state index contributed by atoms with van der Waals surface area (Å²) < 4.78 is 5.15. The fourth-order valence-electron chi connectivity index (χ4n) is 2.23. The minimum absolute atomic E-state index is 0.298. The summed E-state index contributed by atoms with van der Waals surface area (Å²) in [6, 6.07) is 17.9. The molecule has 2 aromatic carbocycles. The molecule has 0 fully saturated rings. The Kier molecular flexibility index (Phi) is 5.16. The van der Waals surface area contributed by atoms with Crippen LogP contribution in [0.4, 0.5) is 17.1 Å². The van der Waals surface area contributed by atoms with Gasteiger partial charge in [-0.1, -0.05) is 17.7 Å². The van der Waals surface area contributed by atoms with Gasteiger partial charge in [-0.15, -0.1) is 0 Å². The maximum Gasteiger partial charge on any atom is 0.274 e. The van der Waals surface area contributed by atoms with Crippen molar-refractivity contribution in [2.45, 2.75) is 0 Å². The van der Waals surface area contributed by atoms with Gasteiger partial charge in [-0.3, -0.25) is 9.78 Å². The van der Waals surface area contributed by atoms with E-state index in [9.17, 15) is 4.79 Å². The van der Waals surface area contributed by atoms with Gasteiger partial charge >= 0.3 is 0 Å². The molecular weight excluding hydrogens is 338 g/mol. The molecule has 0 aliphatic carbocycles. The van der Waals surface area contributed by atoms with Crippen LogP contribution in [-0.2, 0) is 0 Å². The van der Waals surface area contributed by atoms with Crippen molar-refractivity contribution < 1.29 is 9.53 Å². The molecule has 0 saturated carbocycles. The number of pyridine rings is 1. The fraction of sp³-hybridized carbons (Fsp3) is 0.0526. The van der Waals surface area contributed by atoms with Gasteiger partial charge in [-0.25, -0.2) is 0 Å². The van der Waals surface area contributed by atoms with Crippen LogP contribution in [0.25, 0.3) is 0 Å². The zero-order valence-electron chi connectivity index (χ0n) is 13.5. The molecule has 5 nitrogen and oxygen atoms in total. The molecule has 1 aromatic heterocycles. The third-order valence-electron chi connectivity index (χ3n) is 3.45. The van der Waals surface area contributed by atoms with Gasteiger partial charge in [-0.2, -0.15) is 0 Å². The average Bonchev–Trinajstić information content (AvgIpc) is 2.64. The highest BCUT2D eigenvalue weighted by Crippen LogP contribution is 2.20. The Morgan fingerprint density at radius 1 is 1.00 bits per heavy atom. The molecule has 0 unspecified atom stereocenters. The SMILES string of the molecule is COc1cccc(NC(=O)c2cc(Nc3ccc(Cl)cc3)ccn2)c1. The Morgan fingerprint density at radius 2 is 1.80 bits per heavy atom. The molecule has 0 radical (unpaired) electrons. The lowest BCUT2D eigenvalue weighted by Gasteiger charge is -2.09. The standard InChI is InChI=1S/C19H16ClN3O2/c1-25-17-4-2-3-15(11-17)23-19(24)18-12-16(9-10-21-18)22-14-7-5-13(20)6-8-14/h2-12H,1H3,(H,21,22)(H,23,24). The molecule has 3 rings (SSSR count). The maximum atomic E-state index is 12.4. The summed E-state index contributed by atoms with van der Waals surface area (Å²) >= 11 is 5.88. The third-order valence-corrected chi connectivity index (χ3v) is 3.71. The number of carbonyl (C=O) groups is 1. The number of benzene rings is 2. The number of rotatable bonds is 5. The van der Waals surface area contributed by atoms with Crippen molar-refractivity contribution in [3.05, 3.63) is 77.6 Å². The van der Waals surface area contributed by atoms with Crippen molar-refractivity contribution in [3.8, 4) is 5.75 Å². The van der Waals surface area contributed by atoms with Crippen molar-refractivity contribution >= 4 is 34.6 Å². The molecule has 0 spiro atoms. The summed E-state index contributed by atoms with van der Waals surface area (Å²) in [5.74, 6) is 0.372. The minimum atomic E-state index is -0.298. The average molecular weight is 354 g/mol. The van der Waals surface area contributed by atoms with Crippen molar-refractivity contribution in [2.24, 2.45) is 0 Å². The molecule has 3 aromatic rings. The van der Waals surface area contributed by atoms with Gasteiger partial charge in [0.25, 0.3) is 5.91 Å². The molecule has 126 valence electrons. The number of hydrogen-bond donors (Lipinski definition) is 2. The van der Waals surface area contributed by atoms with Crippen LogP contribution < -0.4 is 15.4 Å². The summed E-state index contributed by atoms with van der Waals surface area (Å²) in [5.41, 5.74) is 2.58. The van der Waals surface area contributed by atoms with Gasteiger partial charge in [0.15, 0.2) is 0 Å². The van der Waals surface area contributed by atoms with Crippen LogP contribution in [-0.4, -0.2) is 18.0 Å². The normalized spacial score (nSPS) is 10.2. The molecule has 0 atom stereocenters. The van der Waals surface area contributed by atoms with Crippen molar-refractivity contribution in [1.29, 1.82) is 0 Å². The third kappa shape index (κ3) is 4.49. The molecule has 6 heteroatoms. The second-order valence-corrected chi connectivity index (χ2v) is 5.68. The lowest BCUT2D eigenvalue weighted by Crippen LogP contribution is -2.13. The summed E-state index contributed by atoms with van der Waals surface area (Å²) in [6.45, 7) is 0. The molecule has 1 amide bonds. The van der Waals surface area contributed by atoms with Crippen LogP contribution in [0.2, 0.25) is 5.02 Å². The number of methoxy groups -OCH3 is 1. The predicted octanol–water partition coefficient (Wildman–Crippen LogP) is 4.74. The predicted molar refractivity (Wildman–Crippen MR) is 99.9 cm³/mol. The fourth-order valence-corrected chi connectivity index (χ4v) is 2.35. The van der Waals surface area contributed by atoms with Crippen LogP contribution in [0.15, 0.2) is 66.9 Å². The molecular formula is C19H16ClN3O2. The summed E-state index contributed by atoms with van der Waals surface area (Å²) in [6.07, 6.45) is 1.58. The van der Waals surface area contributed by atoms with Crippen molar-refractivity contribution in [3.63, 3.8) is 0 Å². The van der Waals surface area contributed by atoms with Gasteiger partial charge in [0.05, 0.1) is 7.11 Å². The highest BCUT2D eigenvalue weighted by Gasteiger charge is 2.09. The maximum absolute atomic E-state index is 12.4. The topological polar surface area (TPSA) is 63.2 Å². The van der Waals surface area contributed by atoms with Crippen LogP contribution in [0, 0.1) is 0 Å². The zero-order chi connectivity index (χ0) is 17.6. The number of aromatic nitrogens is 1. The van der Waals surface area contributed by atoms with Gasteiger partial charge in [0.1, 0.15) is 11.4 Å². The van der Waals surface area contributed by atoms with E-state index in [2.05, 4.69) is 15.6 Å². The Hall–Kier alpha value is -3.05. The summed E-state index contributed by atoms with van der Waals surface area (Å²) in [7, 11) is 1.58. The number of nitrogens with one attached hydrogen (secondary N) is 2. The smallest absolute Gasteiger partial charge is 0.274 e. The van der Waals surface area contributed by atoms with Gasteiger partial charge in [-0.05, 0) is 48.5 Å². The minimum Gasteiger partial charge on any atom is -0.497 e. The molecule has 0 saturated heterocycles. The molecule has 2 N–H and O–H groups in total. The quantitative estimate of drug-likeness (QED) is 0.695. The first-order valence-corrected chi connectivity index (χ1v) is 7.96. The number of halogens is 1. The van der Waals surface area contributed by atoms with Gasteiger partial charge in [0, 0.05) is 34.3 Å². The van der Waals surface area contributed by atoms with Crippen molar-refractivity contribution in [2.75, 3.05) is 17.7 Å². The summed E-state index contributed by atoms with van der Waals surface area (Å²) in [4.78, 5) is 16.5. The number of ether oxygens (including phenoxy) is 1. The van der Waals surface area contributed by atoms with E-state index < -0.39 is 0 Å². The highest BCUT2D eigenvalue weighted by molar-refractivity contribution is 6.30. The van der Waals surface area contributed by atoms with E-state index in [1.165, 1.54) is 0 Å². The van der Waals surface area contributed by atoms with Crippen LogP contribution >= 0.6 is 11.6 Å². The second kappa shape index (κ2) is 7.68. The van der Waals surface area contributed by atoms with Crippen LogP contribution in [0.3, 0.4) is 0 Å². The lowest BCUT2D eigenvalue weighted by molar-refractivity contribution is 0.102. The number of hydrogen-bond acceptors (Lipinski definition) is 4. The van der Waals surface area contributed by atoms with E-state index in [4.69, 9.17) is 16.3 Å². The number of nitrogens with zero attached hydrogens (tertiary/aromatic N) is 1. The lowest BCUT2D eigenvalue weighted by atomic mass is 10.2. The van der Waals surface area contributed by atoms with E-state index in [1.807, 2.05) is 18.2 Å². The van der Waals surface area contributed by atoms with Crippen LogP contribution in [0.5, 0.6) is 5.75 Å². The monoisotopic (exact) mass is 353 g/mol. The van der Waals surface area contributed by atoms with E-state index in [1.54, 1.807) is 55.8 Å². The van der Waals surface area contributed by atoms with Gasteiger partial charge < -0.3 is 15.4 Å². The van der Waals surface area contributed by atoms with E-state index in [0.717, 1.165) is 11.4 Å². The molecule has 1 heterocycles. The largest absolute Gasteiger partial charge is 0.497 e. The molecule has 25 heavy (non-hydrogen) atoms. The summed E-state index contributed by atoms with van der Waals surface area (Å²) in [5, 5.41) is 6.68. The number of carbonyl (C=O) groups excluding carboxylic acids is 1. The number of amides is 1. The van der Waals surface area contributed by atoms with Crippen molar-refractivity contribution in [1.82, 2.24) is 4.98 Å². The van der Waals surface area contributed by atoms with E-state index >= 15 is 0 Å². The highest BCUT2D eigenvalue weighted by atomic mass is 35.5.